The van der Waals surface area contributed by atoms with E-state index < -0.39 is 12.0 Å². The van der Waals surface area contributed by atoms with Gasteiger partial charge in [-0.15, -0.1) is 11.3 Å². The van der Waals surface area contributed by atoms with Gasteiger partial charge >= 0.3 is 12.0 Å². The third-order valence-electron chi connectivity index (χ3n) is 2.71. The molecule has 0 spiro atoms. The third kappa shape index (κ3) is 4.06. The summed E-state index contributed by atoms with van der Waals surface area (Å²) >= 11 is 1.55. The Morgan fingerprint density at radius 2 is 2.19 bits per heavy atom. The van der Waals surface area contributed by atoms with Crippen molar-refractivity contribution >= 4 is 29.0 Å². The minimum absolute atomic E-state index is 0.0294. The normalized spacial score (nSPS) is 10.4. The highest BCUT2D eigenvalue weighted by Gasteiger charge is 2.15. The zero-order valence-electron chi connectivity index (χ0n) is 11.7. The molecule has 8 heteroatoms. The Morgan fingerprint density at radius 1 is 1.43 bits per heavy atom. The van der Waals surface area contributed by atoms with Crippen LogP contribution in [0.5, 0.6) is 0 Å². The molecule has 0 aliphatic heterocycles. The SMILES string of the molecule is Cc1csc(CCNC(=O)Nc2cc(C)[nH]c2C(=O)O)n1. The first-order valence-corrected chi connectivity index (χ1v) is 7.22. The second kappa shape index (κ2) is 6.40. The molecule has 2 heterocycles. The summed E-state index contributed by atoms with van der Waals surface area (Å²) in [5.74, 6) is -1.11. The topological polar surface area (TPSA) is 107 Å². The van der Waals surface area contributed by atoms with Gasteiger partial charge in [0.2, 0.25) is 0 Å². The molecule has 0 radical (unpaired) electrons. The Labute approximate surface area is 125 Å². The van der Waals surface area contributed by atoms with Crippen LogP contribution >= 0.6 is 11.3 Å². The van der Waals surface area contributed by atoms with E-state index in [2.05, 4.69) is 20.6 Å². The number of rotatable bonds is 5. The Balaban J connectivity index is 1.86. The van der Waals surface area contributed by atoms with Crippen LogP contribution < -0.4 is 10.6 Å². The number of nitrogens with one attached hydrogen (secondary N) is 3. The molecule has 2 aromatic rings. The smallest absolute Gasteiger partial charge is 0.354 e. The van der Waals surface area contributed by atoms with E-state index in [1.54, 1.807) is 24.3 Å². The number of amides is 2. The molecule has 7 nitrogen and oxygen atoms in total. The lowest BCUT2D eigenvalue weighted by atomic mass is 10.3. The number of carbonyl (C=O) groups is 2. The van der Waals surface area contributed by atoms with Crippen LogP contribution in [0.3, 0.4) is 0 Å². The van der Waals surface area contributed by atoms with E-state index in [9.17, 15) is 9.59 Å². The fraction of sp³-hybridized carbons (Fsp3) is 0.308. The number of carboxylic acid groups (broad SMARTS) is 1. The number of nitrogens with zero attached hydrogens (tertiary/aromatic N) is 1. The van der Waals surface area contributed by atoms with Crippen molar-refractivity contribution in [1.82, 2.24) is 15.3 Å². The lowest BCUT2D eigenvalue weighted by Crippen LogP contribution is -2.30. The van der Waals surface area contributed by atoms with Gasteiger partial charge in [-0.25, -0.2) is 14.6 Å². The van der Waals surface area contributed by atoms with Gasteiger partial charge in [0.05, 0.1) is 10.7 Å². The molecule has 0 bridgehead atoms. The van der Waals surface area contributed by atoms with Crippen molar-refractivity contribution in [2.45, 2.75) is 20.3 Å². The van der Waals surface area contributed by atoms with Crippen LogP contribution in [0.15, 0.2) is 11.4 Å². The Morgan fingerprint density at radius 3 is 2.81 bits per heavy atom. The first-order chi connectivity index (χ1) is 9.95. The number of hydrogen-bond donors (Lipinski definition) is 4. The molecule has 2 rings (SSSR count). The molecule has 0 atom stereocenters. The number of urea groups is 1. The number of carboxylic acids is 1. The van der Waals surface area contributed by atoms with Crippen molar-refractivity contribution in [2.75, 3.05) is 11.9 Å². The van der Waals surface area contributed by atoms with Gasteiger partial charge in [0.1, 0.15) is 5.69 Å². The predicted octanol–water partition coefficient (Wildman–Crippen LogP) is 2.15. The first kappa shape index (κ1) is 15.0. The average molecular weight is 308 g/mol. The summed E-state index contributed by atoms with van der Waals surface area (Å²) in [7, 11) is 0. The maximum Gasteiger partial charge on any atom is 0.354 e. The van der Waals surface area contributed by atoms with Crippen LogP contribution in [0.25, 0.3) is 0 Å². The lowest BCUT2D eigenvalue weighted by Gasteiger charge is -2.06. The number of carbonyl (C=O) groups excluding carboxylic acids is 1. The number of hydrogen-bond acceptors (Lipinski definition) is 4. The van der Waals surface area contributed by atoms with E-state index in [-0.39, 0.29) is 11.4 Å². The van der Waals surface area contributed by atoms with E-state index in [0.717, 1.165) is 10.7 Å². The molecule has 0 aliphatic rings. The molecule has 0 aliphatic carbocycles. The summed E-state index contributed by atoms with van der Waals surface area (Å²) in [6, 6.07) is 1.14. The van der Waals surface area contributed by atoms with Crippen LogP contribution in [0.4, 0.5) is 10.5 Å². The number of aromatic carboxylic acids is 1. The zero-order chi connectivity index (χ0) is 15.4. The van der Waals surface area contributed by atoms with Gasteiger partial charge in [0.15, 0.2) is 0 Å². The maximum absolute atomic E-state index is 11.7. The van der Waals surface area contributed by atoms with E-state index in [0.29, 0.717) is 18.7 Å². The van der Waals surface area contributed by atoms with Gasteiger partial charge in [-0.2, -0.15) is 0 Å². The third-order valence-corrected chi connectivity index (χ3v) is 3.73. The largest absolute Gasteiger partial charge is 0.477 e. The second-order valence-electron chi connectivity index (χ2n) is 4.56. The van der Waals surface area contributed by atoms with Gasteiger partial charge in [-0.3, -0.25) is 0 Å². The van der Waals surface area contributed by atoms with Gasteiger partial charge in [-0.05, 0) is 19.9 Å². The Hall–Kier alpha value is -2.35. The van der Waals surface area contributed by atoms with Gasteiger partial charge in [0.25, 0.3) is 0 Å². The molecule has 2 aromatic heterocycles. The summed E-state index contributed by atoms with van der Waals surface area (Å²) < 4.78 is 0. The van der Waals surface area contributed by atoms with Crippen molar-refractivity contribution in [3.63, 3.8) is 0 Å². The molecule has 0 unspecified atom stereocenters. The van der Waals surface area contributed by atoms with Crippen molar-refractivity contribution in [1.29, 1.82) is 0 Å². The van der Waals surface area contributed by atoms with Crippen molar-refractivity contribution in [3.05, 3.63) is 33.5 Å². The highest BCUT2D eigenvalue weighted by molar-refractivity contribution is 7.09. The summed E-state index contributed by atoms with van der Waals surface area (Å²) in [5.41, 5.74) is 1.86. The van der Waals surface area contributed by atoms with Crippen molar-refractivity contribution in [2.24, 2.45) is 0 Å². The fourth-order valence-electron chi connectivity index (χ4n) is 1.82. The number of aryl methyl sites for hydroxylation is 2. The van der Waals surface area contributed by atoms with Gasteiger partial charge in [-0.1, -0.05) is 0 Å². The minimum atomic E-state index is -1.11. The molecule has 4 N–H and O–H groups in total. The van der Waals surface area contributed by atoms with Crippen molar-refractivity contribution in [3.8, 4) is 0 Å². The fourth-order valence-corrected chi connectivity index (χ4v) is 2.60. The quantitative estimate of drug-likeness (QED) is 0.679. The minimum Gasteiger partial charge on any atom is -0.477 e. The summed E-state index contributed by atoms with van der Waals surface area (Å²) in [4.78, 5) is 29.7. The molecule has 0 fully saturated rings. The Kier molecular flexibility index (Phi) is 4.59. The van der Waals surface area contributed by atoms with Crippen LogP contribution in [0.2, 0.25) is 0 Å². The highest BCUT2D eigenvalue weighted by Crippen LogP contribution is 2.16. The monoisotopic (exact) mass is 308 g/mol. The van der Waals surface area contributed by atoms with Gasteiger partial charge < -0.3 is 20.7 Å². The van der Waals surface area contributed by atoms with E-state index >= 15 is 0 Å². The van der Waals surface area contributed by atoms with Gasteiger partial charge in [0, 0.05) is 29.7 Å². The van der Waals surface area contributed by atoms with Crippen LogP contribution in [-0.2, 0) is 6.42 Å². The molecular formula is C13H16N4O3S. The van der Waals surface area contributed by atoms with Crippen LogP contribution in [0, 0.1) is 13.8 Å². The predicted molar refractivity (Wildman–Crippen MR) is 80.1 cm³/mol. The molecule has 2 amide bonds. The van der Waals surface area contributed by atoms with Crippen LogP contribution in [0.1, 0.15) is 26.9 Å². The van der Waals surface area contributed by atoms with E-state index in [1.807, 2.05) is 12.3 Å². The maximum atomic E-state index is 11.7. The second-order valence-corrected chi connectivity index (χ2v) is 5.50. The van der Waals surface area contributed by atoms with E-state index in [1.165, 1.54) is 0 Å². The molecule has 0 aromatic carbocycles. The number of thiazole rings is 1. The number of aromatic amines is 1. The standard InChI is InChI=1S/C13H16N4O3S/c1-7-5-9(11(16-7)12(18)19)17-13(20)14-4-3-10-15-8(2)6-21-10/h5-6,16H,3-4H2,1-2H3,(H,18,19)(H2,14,17,20). The number of H-pyrrole nitrogens is 1. The number of anilines is 1. The zero-order valence-corrected chi connectivity index (χ0v) is 12.5. The van der Waals surface area contributed by atoms with Crippen LogP contribution in [-0.4, -0.2) is 33.6 Å². The summed E-state index contributed by atoms with van der Waals surface area (Å²) in [6.45, 7) is 4.08. The Bertz CT molecular complexity index is 662. The molecule has 21 heavy (non-hydrogen) atoms. The molecular weight excluding hydrogens is 292 g/mol. The molecule has 112 valence electrons. The number of aromatic nitrogens is 2. The highest BCUT2D eigenvalue weighted by atomic mass is 32.1. The molecule has 0 saturated carbocycles. The van der Waals surface area contributed by atoms with E-state index in [4.69, 9.17) is 5.11 Å². The average Bonchev–Trinajstić information content (AvgIpc) is 2.96. The molecule has 0 saturated heterocycles. The lowest BCUT2D eigenvalue weighted by molar-refractivity contribution is 0.0692. The summed E-state index contributed by atoms with van der Waals surface area (Å²) in [5, 5.41) is 17.1. The first-order valence-electron chi connectivity index (χ1n) is 6.34. The summed E-state index contributed by atoms with van der Waals surface area (Å²) in [6.07, 6.45) is 0.643. The van der Waals surface area contributed by atoms with Crippen molar-refractivity contribution < 1.29 is 14.7 Å².